The van der Waals surface area contributed by atoms with Crippen LogP contribution in [0.3, 0.4) is 0 Å². The Morgan fingerprint density at radius 1 is 1.32 bits per heavy atom. The Bertz CT molecular complexity index is 976. The van der Waals surface area contributed by atoms with Crippen molar-refractivity contribution in [2.45, 2.75) is 25.3 Å². The van der Waals surface area contributed by atoms with Crippen LogP contribution in [0.4, 0.5) is 0 Å². The van der Waals surface area contributed by atoms with E-state index in [1.165, 1.54) is 0 Å². The van der Waals surface area contributed by atoms with Gasteiger partial charge in [0.15, 0.2) is 0 Å². The average molecular weight is 514 g/mol. The van der Waals surface area contributed by atoms with E-state index in [0.29, 0.717) is 18.0 Å². The van der Waals surface area contributed by atoms with Gasteiger partial charge in [0.05, 0.1) is 12.7 Å². The van der Waals surface area contributed by atoms with Gasteiger partial charge in [-0.25, -0.2) is 4.98 Å². The highest BCUT2D eigenvalue weighted by atomic mass is 127. The number of rotatable bonds is 3. The molecule has 3 heterocycles. The highest BCUT2D eigenvalue weighted by molar-refractivity contribution is 14.1. The molecule has 130 valence electrons. The van der Waals surface area contributed by atoms with Gasteiger partial charge in [-0.15, -0.1) is 0 Å². The average Bonchev–Trinajstić information content (AvgIpc) is 3.03. The van der Waals surface area contributed by atoms with Gasteiger partial charge in [0.2, 0.25) is 0 Å². The molecule has 0 radical (unpaired) electrons. The Kier molecular flexibility index (Phi) is 4.97. The number of imidazole rings is 1. The molecule has 5 nitrogen and oxygen atoms in total. The fraction of sp³-hybridized carbons (Fsp3) is 0.333. The number of benzene rings is 1. The van der Waals surface area contributed by atoms with Crippen LogP contribution in [0, 0.1) is 3.57 Å². The van der Waals surface area contributed by atoms with E-state index in [4.69, 9.17) is 4.74 Å². The molecule has 0 spiro atoms. The molecule has 1 aliphatic rings. The van der Waals surface area contributed by atoms with Crippen LogP contribution in [0.1, 0.15) is 30.1 Å². The summed E-state index contributed by atoms with van der Waals surface area (Å²) in [5.41, 5.74) is 1.69. The van der Waals surface area contributed by atoms with E-state index >= 15 is 0 Å². The SMILES string of the molecule is O=c1c2cnc(C3CCOCC3)n2cc(Br)n1Cc1cccc(I)c1. The second kappa shape index (κ2) is 7.20. The summed E-state index contributed by atoms with van der Waals surface area (Å²) in [5, 5.41) is 0. The quantitative estimate of drug-likeness (QED) is 0.500. The Morgan fingerprint density at radius 2 is 2.12 bits per heavy atom. The lowest BCUT2D eigenvalue weighted by Gasteiger charge is -2.21. The number of nitrogens with zero attached hydrogens (tertiary/aromatic N) is 3. The number of halogens is 2. The number of fused-ring (bicyclic) bond motifs is 1. The molecule has 1 aromatic carbocycles. The van der Waals surface area contributed by atoms with Crippen LogP contribution >= 0.6 is 38.5 Å². The molecule has 0 atom stereocenters. The molecule has 0 amide bonds. The lowest BCUT2D eigenvalue weighted by Crippen LogP contribution is -2.24. The molecule has 0 unspecified atom stereocenters. The fourth-order valence-electron chi connectivity index (χ4n) is 3.30. The zero-order valence-corrected chi connectivity index (χ0v) is 17.2. The number of hydrogen-bond donors (Lipinski definition) is 0. The van der Waals surface area contributed by atoms with E-state index < -0.39 is 0 Å². The van der Waals surface area contributed by atoms with Crippen LogP contribution in [0.5, 0.6) is 0 Å². The van der Waals surface area contributed by atoms with E-state index in [9.17, 15) is 4.79 Å². The summed E-state index contributed by atoms with van der Waals surface area (Å²) in [4.78, 5) is 17.5. The van der Waals surface area contributed by atoms with Crippen LogP contribution in [0.2, 0.25) is 0 Å². The van der Waals surface area contributed by atoms with E-state index in [0.717, 1.165) is 45.6 Å². The summed E-state index contributed by atoms with van der Waals surface area (Å²) in [7, 11) is 0. The van der Waals surface area contributed by atoms with E-state index in [-0.39, 0.29) is 5.56 Å². The molecule has 2 aromatic heterocycles. The van der Waals surface area contributed by atoms with E-state index in [2.05, 4.69) is 49.6 Å². The fourth-order valence-corrected chi connectivity index (χ4v) is 4.40. The summed E-state index contributed by atoms with van der Waals surface area (Å²) in [6.45, 7) is 2.04. The second-order valence-corrected chi connectivity index (χ2v) is 8.29. The molecule has 4 rings (SSSR count). The molecule has 7 heteroatoms. The standard InChI is InChI=1S/C18H17BrIN3O2/c19-16-11-22-15(9-21-17(22)13-4-6-25-7-5-13)18(24)23(16)10-12-2-1-3-14(20)8-12/h1-3,8-9,11,13H,4-7,10H2. The van der Waals surface area contributed by atoms with E-state index in [1.807, 2.05) is 28.8 Å². The van der Waals surface area contributed by atoms with Gasteiger partial charge in [-0.3, -0.25) is 13.8 Å². The highest BCUT2D eigenvalue weighted by Gasteiger charge is 2.22. The largest absolute Gasteiger partial charge is 0.381 e. The lowest BCUT2D eigenvalue weighted by atomic mass is 10.00. The van der Waals surface area contributed by atoms with Crippen molar-refractivity contribution < 1.29 is 4.74 Å². The van der Waals surface area contributed by atoms with Crippen LogP contribution in [-0.2, 0) is 11.3 Å². The first-order valence-electron chi connectivity index (χ1n) is 8.22. The summed E-state index contributed by atoms with van der Waals surface area (Å²) in [6.07, 6.45) is 5.55. The lowest BCUT2D eigenvalue weighted by molar-refractivity contribution is 0.0835. The van der Waals surface area contributed by atoms with Crippen molar-refractivity contribution in [3.05, 3.63) is 66.6 Å². The van der Waals surface area contributed by atoms with Gasteiger partial charge in [0.25, 0.3) is 5.56 Å². The topological polar surface area (TPSA) is 48.5 Å². The Morgan fingerprint density at radius 3 is 2.88 bits per heavy atom. The number of ether oxygens (including phenoxy) is 1. The summed E-state index contributed by atoms with van der Waals surface area (Å²) in [5.74, 6) is 1.30. The molecular weight excluding hydrogens is 497 g/mol. The zero-order chi connectivity index (χ0) is 17.4. The van der Waals surface area contributed by atoms with Gasteiger partial charge in [-0.05, 0) is 69.1 Å². The van der Waals surface area contributed by atoms with Gasteiger partial charge >= 0.3 is 0 Å². The molecule has 1 aliphatic heterocycles. The third kappa shape index (κ3) is 3.41. The first kappa shape index (κ1) is 17.2. The summed E-state index contributed by atoms with van der Waals surface area (Å²) in [6, 6.07) is 8.18. The van der Waals surface area contributed by atoms with E-state index in [1.54, 1.807) is 10.8 Å². The normalized spacial score (nSPS) is 15.8. The van der Waals surface area contributed by atoms with Gasteiger partial charge in [-0.1, -0.05) is 12.1 Å². The molecular formula is C18H17BrIN3O2. The summed E-state index contributed by atoms with van der Waals surface area (Å²) < 4.78 is 11.0. The summed E-state index contributed by atoms with van der Waals surface area (Å²) >= 11 is 5.86. The molecule has 25 heavy (non-hydrogen) atoms. The van der Waals surface area contributed by atoms with Gasteiger partial charge < -0.3 is 4.74 Å². The molecule has 1 saturated heterocycles. The molecule has 0 aliphatic carbocycles. The number of aromatic nitrogens is 3. The maximum absolute atomic E-state index is 13.0. The molecule has 0 saturated carbocycles. The third-order valence-corrected chi connectivity index (χ3v) is 5.90. The molecule has 0 N–H and O–H groups in total. The molecule has 0 bridgehead atoms. The van der Waals surface area contributed by atoms with Gasteiger partial charge in [-0.2, -0.15) is 0 Å². The Labute approximate surface area is 167 Å². The third-order valence-electron chi connectivity index (χ3n) is 4.60. The van der Waals surface area contributed by atoms with Crippen molar-refractivity contribution in [3.8, 4) is 0 Å². The zero-order valence-electron chi connectivity index (χ0n) is 13.5. The van der Waals surface area contributed by atoms with Crippen LogP contribution in [0.25, 0.3) is 5.52 Å². The van der Waals surface area contributed by atoms with Crippen molar-refractivity contribution >= 4 is 44.0 Å². The molecule has 3 aromatic rings. The predicted octanol–water partition coefficient (Wildman–Crippen LogP) is 3.81. The van der Waals surface area contributed by atoms with Crippen molar-refractivity contribution in [1.82, 2.24) is 14.0 Å². The van der Waals surface area contributed by atoms with Crippen molar-refractivity contribution in [3.63, 3.8) is 0 Å². The maximum atomic E-state index is 13.0. The van der Waals surface area contributed by atoms with Crippen molar-refractivity contribution in [1.29, 1.82) is 0 Å². The van der Waals surface area contributed by atoms with Crippen LogP contribution < -0.4 is 5.56 Å². The van der Waals surface area contributed by atoms with Crippen molar-refractivity contribution in [2.24, 2.45) is 0 Å². The van der Waals surface area contributed by atoms with Crippen LogP contribution in [0.15, 0.2) is 46.1 Å². The minimum absolute atomic E-state index is 0.0287. The van der Waals surface area contributed by atoms with Crippen LogP contribution in [-0.4, -0.2) is 27.2 Å². The highest BCUT2D eigenvalue weighted by Crippen LogP contribution is 2.26. The first-order valence-corrected chi connectivity index (χ1v) is 10.1. The Balaban J connectivity index is 1.76. The van der Waals surface area contributed by atoms with Gasteiger partial charge in [0.1, 0.15) is 15.9 Å². The maximum Gasteiger partial charge on any atom is 0.277 e. The minimum atomic E-state index is -0.0287. The minimum Gasteiger partial charge on any atom is -0.381 e. The Hall–Kier alpha value is -1.19. The smallest absolute Gasteiger partial charge is 0.277 e. The van der Waals surface area contributed by atoms with Gasteiger partial charge in [0, 0.05) is 28.9 Å². The number of hydrogen-bond acceptors (Lipinski definition) is 3. The monoisotopic (exact) mass is 513 g/mol. The second-order valence-electron chi connectivity index (χ2n) is 6.23. The van der Waals surface area contributed by atoms with Crippen molar-refractivity contribution in [2.75, 3.05) is 13.2 Å². The molecule has 1 fully saturated rings. The predicted molar refractivity (Wildman–Crippen MR) is 108 cm³/mol. The first-order chi connectivity index (χ1) is 12.1.